The van der Waals surface area contributed by atoms with E-state index in [0.717, 1.165) is 4.31 Å². The summed E-state index contributed by atoms with van der Waals surface area (Å²) >= 11 is 0. The van der Waals surface area contributed by atoms with Crippen LogP contribution in [0.25, 0.3) is 0 Å². The second-order valence-corrected chi connectivity index (χ2v) is 7.98. The Kier molecular flexibility index (Phi) is 5.91. The van der Waals surface area contributed by atoms with E-state index in [0.29, 0.717) is 17.1 Å². The van der Waals surface area contributed by atoms with Crippen LogP contribution in [-0.2, 0) is 15.0 Å². The lowest BCUT2D eigenvalue weighted by Gasteiger charge is -2.37. The van der Waals surface area contributed by atoms with E-state index in [1.165, 1.54) is 21.3 Å². The predicted octanol–water partition coefficient (Wildman–Crippen LogP) is 0.808. The molecule has 1 saturated heterocycles. The van der Waals surface area contributed by atoms with Crippen LogP contribution in [0.2, 0.25) is 0 Å². The van der Waals surface area contributed by atoms with Crippen LogP contribution in [0.1, 0.15) is 31.9 Å². The number of amides is 1. The molecular weight excluding hydrogens is 346 g/mol. The number of carbonyl (C=O) groups is 1. The SMILES string of the molecule is COc1ccc(OC)c(C2CC(C(=O)NC(C)C)N(C)S(=O)(=O)N2)c1. The summed E-state index contributed by atoms with van der Waals surface area (Å²) < 4.78 is 39.2. The van der Waals surface area contributed by atoms with Gasteiger partial charge in [0.1, 0.15) is 17.5 Å². The van der Waals surface area contributed by atoms with Crippen LogP contribution in [0.15, 0.2) is 18.2 Å². The molecule has 1 fully saturated rings. The maximum absolute atomic E-state index is 12.5. The number of benzene rings is 1. The van der Waals surface area contributed by atoms with Crippen LogP contribution < -0.4 is 19.5 Å². The van der Waals surface area contributed by atoms with E-state index in [-0.39, 0.29) is 18.4 Å². The van der Waals surface area contributed by atoms with Crippen LogP contribution in [-0.4, -0.2) is 52.0 Å². The summed E-state index contributed by atoms with van der Waals surface area (Å²) in [4.78, 5) is 12.5. The molecule has 1 aliphatic heterocycles. The van der Waals surface area contributed by atoms with Crippen LogP contribution in [0, 0.1) is 0 Å². The maximum atomic E-state index is 12.5. The molecule has 2 rings (SSSR count). The van der Waals surface area contributed by atoms with Crippen LogP contribution in [0.4, 0.5) is 0 Å². The predicted molar refractivity (Wildman–Crippen MR) is 93.8 cm³/mol. The smallest absolute Gasteiger partial charge is 0.280 e. The molecule has 1 amide bonds. The molecule has 9 heteroatoms. The first-order valence-electron chi connectivity index (χ1n) is 7.97. The summed E-state index contributed by atoms with van der Waals surface area (Å²) in [6.45, 7) is 3.66. The summed E-state index contributed by atoms with van der Waals surface area (Å²) in [6, 6.07) is 3.67. The second-order valence-electron chi connectivity index (χ2n) is 6.21. The van der Waals surface area contributed by atoms with E-state index in [4.69, 9.17) is 9.47 Å². The number of methoxy groups -OCH3 is 2. The number of hydrogen-bond donors (Lipinski definition) is 2. The fourth-order valence-corrected chi connectivity index (χ4v) is 4.07. The normalized spacial score (nSPS) is 23.3. The minimum absolute atomic E-state index is 0.0803. The zero-order valence-electron chi connectivity index (χ0n) is 15.1. The Balaban J connectivity index is 2.41. The largest absolute Gasteiger partial charge is 0.497 e. The molecule has 0 aliphatic carbocycles. The topological polar surface area (TPSA) is 97.0 Å². The zero-order valence-corrected chi connectivity index (χ0v) is 15.9. The quantitative estimate of drug-likeness (QED) is 0.798. The Hall–Kier alpha value is -1.84. The molecule has 0 radical (unpaired) electrons. The summed E-state index contributed by atoms with van der Waals surface area (Å²) in [7, 11) is 0.630. The average Bonchev–Trinajstić information content (AvgIpc) is 2.55. The third kappa shape index (κ3) is 4.23. The Morgan fingerprint density at radius 3 is 2.56 bits per heavy atom. The number of nitrogens with one attached hydrogen (secondary N) is 2. The molecule has 0 bridgehead atoms. The van der Waals surface area contributed by atoms with Gasteiger partial charge in [-0.25, -0.2) is 0 Å². The monoisotopic (exact) mass is 371 g/mol. The Morgan fingerprint density at radius 1 is 1.32 bits per heavy atom. The Bertz CT molecular complexity index is 735. The highest BCUT2D eigenvalue weighted by atomic mass is 32.2. The van der Waals surface area contributed by atoms with E-state index < -0.39 is 22.3 Å². The minimum Gasteiger partial charge on any atom is -0.497 e. The third-order valence-electron chi connectivity index (χ3n) is 4.11. The van der Waals surface area contributed by atoms with Gasteiger partial charge in [-0.15, -0.1) is 0 Å². The fourth-order valence-electron chi connectivity index (χ4n) is 2.81. The molecule has 1 aliphatic rings. The summed E-state index contributed by atoms with van der Waals surface area (Å²) in [5.74, 6) is 0.785. The molecule has 25 heavy (non-hydrogen) atoms. The summed E-state index contributed by atoms with van der Waals surface area (Å²) in [6.07, 6.45) is 0.276. The maximum Gasteiger partial charge on any atom is 0.280 e. The first-order valence-corrected chi connectivity index (χ1v) is 9.41. The second kappa shape index (κ2) is 7.59. The molecule has 140 valence electrons. The van der Waals surface area contributed by atoms with E-state index in [2.05, 4.69) is 10.0 Å². The van der Waals surface area contributed by atoms with Gasteiger partial charge in [-0.2, -0.15) is 17.4 Å². The zero-order chi connectivity index (χ0) is 18.8. The number of hydrogen-bond acceptors (Lipinski definition) is 5. The molecular formula is C16H25N3O5S. The third-order valence-corrected chi connectivity index (χ3v) is 5.71. The van der Waals surface area contributed by atoms with Gasteiger partial charge in [-0.3, -0.25) is 4.79 Å². The molecule has 2 N–H and O–H groups in total. The van der Waals surface area contributed by atoms with Crippen molar-refractivity contribution in [1.82, 2.24) is 14.3 Å². The lowest BCUT2D eigenvalue weighted by molar-refractivity contribution is -0.125. The van der Waals surface area contributed by atoms with Crippen LogP contribution >= 0.6 is 0 Å². The molecule has 8 nitrogen and oxygen atoms in total. The Labute approximate surface area is 148 Å². The van der Waals surface area contributed by atoms with E-state index in [1.807, 2.05) is 13.8 Å². The summed E-state index contributed by atoms with van der Waals surface area (Å²) in [5, 5.41) is 2.78. The highest BCUT2D eigenvalue weighted by Gasteiger charge is 2.41. The van der Waals surface area contributed by atoms with Gasteiger partial charge in [0.25, 0.3) is 10.2 Å². The summed E-state index contributed by atoms with van der Waals surface area (Å²) in [5.41, 5.74) is 0.626. The number of likely N-dealkylation sites (N-methyl/N-ethyl adjacent to an activating group) is 1. The van der Waals surface area contributed by atoms with Gasteiger partial charge in [0.05, 0.1) is 20.3 Å². The van der Waals surface area contributed by atoms with E-state index in [1.54, 1.807) is 18.2 Å². The van der Waals surface area contributed by atoms with Crippen molar-refractivity contribution >= 4 is 16.1 Å². The minimum atomic E-state index is -3.81. The van der Waals surface area contributed by atoms with Gasteiger partial charge in [0, 0.05) is 18.7 Å². The number of rotatable bonds is 5. The van der Waals surface area contributed by atoms with Gasteiger partial charge < -0.3 is 14.8 Å². The van der Waals surface area contributed by atoms with Gasteiger partial charge in [-0.05, 0) is 38.5 Å². The molecule has 1 heterocycles. The van der Waals surface area contributed by atoms with E-state index in [9.17, 15) is 13.2 Å². The number of ether oxygens (including phenoxy) is 2. The molecule has 2 atom stereocenters. The van der Waals surface area contributed by atoms with Crippen molar-refractivity contribution in [3.63, 3.8) is 0 Å². The van der Waals surface area contributed by atoms with Crippen molar-refractivity contribution in [1.29, 1.82) is 0 Å². The van der Waals surface area contributed by atoms with Crippen molar-refractivity contribution in [2.45, 2.75) is 38.4 Å². The lowest BCUT2D eigenvalue weighted by atomic mass is 9.98. The lowest BCUT2D eigenvalue weighted by Crippen LogP contribution is -2.57. The first-order chi connectivity index (χ1) is 11.7. The fraction of sp³-hybridized carbons (Fsp3) is 0.562. The molecule has 0 aromatic heterocycles. The number of nitrogens with zero attached hydrogens (tertiary/aromatic N) is 1. The van der Waals surface area contributed by atoms with Gasteiger partial charge in [0.15, 0.2) is 0 Å². The van der Waals surface area contributed by atoms with Gasteiger partial charge in [0.2, 0.25) is 5.91 Å². The van der Waals surface area contributed by atoms with Crippen molar-refractivity contribution < 1.29 is 22.7 Å². The van der Waals surface area contributed by atoms with E-state index >= 15 is 0 Å². The Morgan fingerprint density at radius 2 is 2.00 bits per heavy atom. The van der Waals surface area contributed by atoms with Crippen molar-refractivity contribution in [2.24, 2.45) is 0 Å². The highest BCUT2D eigenvalue weighted by Crippen LogP contribution is 2.35. The molecule has 2 unspecified atom stereocenters. The number of carbonyl (C=O) groups excluding carboxylic acids is 1. The van der Waals surface area contributed by atoms with Crippen LogP contribution in [0.3, 0.4) is 0 Å². The van der Waals surface area contributed by atoms with Crippen molar-refractivity contribution in [2.75, 3.05) is 21.3 Å². The molecule has 0 spiro atoms. The molecule has 0 saturated carbocycles. The highest BCUT2D eigenvalue weighted by molar-refractivity contribution is 7.87. The van der Waals surface area contributed by atoms with Crippen LogP contribution in [0.5, 0.6) is 11.5 Å². The van der Waals surface area contributed by atoms with Gasteiger partial charge in [-0.1, -0.05) is 0 Å². The molecule has 1 aromatic rings. The molecule has 1 aromatic carbocycles. The van der Waals surface area contributed by atoms with Gasteiger partial charge >= 0.3 is 0 Å². The van der Waals surface area contributed by atoms with Crippen molar-refractivity contribution in [3.8, 4) is 11.5 Å². The average molecular weight is 371 g/mol. The van der Waals surface area contributed by atoms with Crippen molar-refractivity contribution in [3.05, 3.63) is 23.8 Å². The standard InChI is InChI=1S/C16H25N3O5S/c1-10(2)17-16(20)14-9-13(18-25(21,22)19(14)3)12-8-11(23-4)6-7-15(12)24-5/h6-8,10,13-14,18H,9H2,1-5H3,(H,17,20). The first kappa shape index (κ1) is 19.5.